The second kappa shape index (κ2) is 9.19. The van der Waals surface area contributed by atoms with Crippen LogP contribution in [-0.4, -0.2) is 54.4 Å². The van der Waals surface area contributed by atoms with Crippen LogP contribution in [0.2, 0.25) is 0 Å². The second-order valence-electron chi connectivity index (χ2n) is 6.68. The molecule has 25 heavy (non-hydrogen) atoms. The van der Waals surface area contributed by atoms with Gasteiger partial charge in [-0.1, -0.05) is 0 Å². The lowest BCUT2D eigenvalue weighted by atomic mass is 10.0. The van der Waals surface area contributed by atoms with Gasteiger partial charge in [-0.2, -0.15) is 0 Å². The number of rotatable bonds is 6. The summed E-state index contributed by atoms with van der Waals surface area (Å²) >= 11 is 0. The van der Waals surface area contributed by atoms with E-state index in [2.05, 4.69) is 10.6 Å². The summed E-state index contributed by atoms with van der Waals surface area (Å²) in [7, 11) is 0. The Hall–Kier alpha value is -2.38. The summed E-state index contributed by atoms with van der Waals surface area (Å²) in [5.41, 5.74) is 0.204. The number of amides is 2. The number of likely N-dealkylation sites (N-methyl/N-ethyl adjacent to an activating group) is 1. The van der Waals surface area contributed by atoms with Crippen molar-refractivity contribution >= 4 is 17.7 Å². The molecule has 140 valence electrons. The summed E-state index contributed by atoms with van der Waals surface area (Å²) in [6.45, 7) is 8.30. The Labute approximate surface area is 147 Å². The van der Waals surface area contributed by atoms with Crippen molar-refractivity contribution < 1.29 is 18.7 Å². The third-order valence-electron chi connectivity index (χ3n) is 3.44. The van der Waals surface area contributed by atoms with Gasteiger partial charge in [-0.25, -0.2) is 9.18 Å². The predicted molar refractivity (Wildman–Crippen MR) is 94.1 cm³/mol. The molecule has 0 radical (unpaired) electrons. The van der Waals surface area contributed by atoms with Gasteiger partial charge in [0.2, 0.25) is 0 Å². The van der Waals surface area contributed by atoms with Crippen molar-refractivity contribution in [2.24, 2.45) is 0 Å². The van der Waals surface area contributed by atoms with Crippen molar-refractivity contribution in [1.29, 1.82) is 5.41 Å². The Morgan fingerprint density at radius 2 is 2.08 bits per heavy atom. The molecule has 1 aliphatic rings. The molecule has 0 unspecified atom stereocenters. The number of hydrogen-bond acceptors (Lipinski definition) is 5. The number of ether oxygens (including phenoxy) is 1. The molecule has 7 nitrogen and oxygen atoms in total. The Morgan fingerprint density at radius 1 is 1.40 bits per heavy atom. The normalized spacial score (nSPS) is 17.7. The number of carbonyl (C=O) groups excluding carboxylic acids is 2. The molecule has 0 aromatic rings. The van der Waals surface area contributed by atoms with E-state index in [-0.39, 0.29) is 35.9 Å². The van der Waals surface area contributed by atoms with Crippen LogP contribution < -0.4 is 10.6 Å². The van der Waals surface area contributed by atoms with Crippen molar-refractivity contribution in [3.8, 4) is 0 Å². The Bertz CT molecular complexity index is 579. The summed E-state index contributed by atoms with van der Waals surface area (Å²) in [5.74, 6) is -0.205. The highest BCUT2D eigenvalue weighted by molar-refractivity contribution is 6.21. The fourth-order valence-corrected chi connectivity index (χ4v) is 2.16. The van der Waals surface area contributed by atoms with Crippen LogP contribution in [0.5, 0.6) is 0 Å². The first-order valence-electron chi connectivity index (χ1n) is 8.23. The van der Waals surface area contributed by atoms with Gasteiger partial charge < -0.3 is 25.7 Å². The molecule has 1 heterocycles. The Balaban J connectivity index is 2.53. The first-order valence-corrected chi connectivity index (χ1v) is 8.23. The van der Waals surface area contributed by atoms with E-state index in [0.717, 1.165) is 0 Å². The minimum Gasteiger partial charge on any atom is -0.444 e. The number of nitrogens with one attached hydrogen (secondary N) is 3. The van der Waals surface area contributed by atoms with Gasteiger partial charge in [0, 0.05) is 44.5 Å². The maximum Gasteiger partial charge on any atom is 0.407 e. The van der Waals surface area contributed by atoms with Gasteiger partial charge in [0.1, 0.15) is 5.60 Å². The minimum absolute atomic E-state index is 0.0198. The molecule has 1 saturated heterocycles. The van der Waals surface area contributed by atoms with E-state index in [0.29, 0.717) is 25.8 Å². The number of alkyl carbamates (subject to hydrolysis) is 1. The highest BCUT2D eigenvalue weighted by atomic mass is 19.1. The van der Waals surface area contributed by atoms with E-state index in [1.807, 2.05) is 6.92 Å². The fraction of sp³-hybridized carbons (Fsp3) is 0.588. The summed E-state index contributed by atoms with van der Waals surface area (Å²) in [6, 6.07) is 0. The van der Waals surface area contributed by atoms with Crippen molar-refractivity contribution in [2.45, 2.75) is 39.7 Å². The van der Waals surface area contributed by atoms with Crippen molar-refractivity contribution in [2.75, 3.05) is 26.2 Å². The molecule has 0 spiro atoms. The maximum atomic E-state index is 12.9. The summed E-state index contributed by atoms with van der Waals surface area (Å²) in [6.07, 6.45) is 1.70. The van der Waals surface area contributed by atoms with Gasteiger partial charge in [-0.3, -0.25) is 4.79 Å². The fourth-order valence-electron chi connectivity index (χ4n) is 2.16. The van der Waals surface area contributed by atoms with Gasteiger partial charge >= 0.3 is 6.09 Å². The van der Waals surface area contributed by atoms with Gasteiger partial charge in [0.15, 0.2) is 0 Å². The molecule has 0 bridgehead atoms. The summed E-state index contributed by atoms with van der Waals surface area (Å²) in [4.78, 5) is 25.4. The maximum absolute atomic E-state index is 12.9. The SMILES string of the molecule is CCN1CCC(=N)/C(=C\NC/C(=C/F)CNC(=O)OC(C)(C)C)C1=O. The third kappa shape index (κ3) is 6.94. The van der Waals surface area contributed by atoms with Crippen LogP contribution in [0.3, 0.4) is 0 Å². The zero-order valence-corrected chi connectivity index (χ0v) is 15.2. The second-order valence-corrected chi connectivity index (χ2v) is 6.68. The molecule has 2 amide bonds. The standard InChI is InChI=1S/C17H27FN4O3/c1-5-22-7-6-14(19)13(15(22)23)11-20-9-12(8-18)10-21-16(24)25-17(2,3)4/h8,11,19-20H,5-7,9-10H2,1-4H3,(H,21,24)/b12-8-,13-11+,19-14?. The molecule has 1 rings (SSSR count). The molecular weight excluding hydrogens is 327 g/mol. The molecule has 3 N–H and O–H groups in total. The van der Waals surface area contributed by atoms with E-state index in [4.69, 9.17) is 10.1 Å². The highest BCUT2D eigenvalue weighted by Gasteiger charge is 2.25. The summed E-state index contributed by atoms with van der Waals surface area (Å²) < 4.78 is 18.0. The topological polar surface area (TPSA) is 94.5 Å². The van der Waals surface area contributed by atoms with E-state index in [9.17, 15) is 14.0 Å². The molecule has 0 aromatic heterocycles. The number of halogens is 1. The smallest absolute Gasteiger partial charge is 0.407 e. The minimum atomic E-state index is -0.631. The molecule has 0 aliphatic carbocycles. The predicted octanol–water partition coefficient (Wildman–Crippen LogP) is 2.11. The number of piperidine rings is 1. The zero-order chi connectivity index (χ0) is 19.0. The molecule has 0 atom stereocenters. The van der Waals surface area contributed by atoms with Crippen LogP contribution in [0.25, 0.3) is 0 Å². The van der Waals surface area contributed by atoms with Crippen LogP contribution >= 0.6 is 0 Å². The Kier molecular flexibility index (Phi) is 7.60. The lowest BCUT2D eigenvalue weighted by Gasteiger charge is -2.27. The number of likely N-dealkylation sites (tertiary alicyclic amines) is 1. The first kappa shape index (κ1) is 20.7. The van der Waals surface area contributed by atoms with Gasteiger partial charge in [-0.15, -0.1) is 0 Å². The van der Waals surface area contributed by atoms with Crippen molar-refractivity contribution in [3.63, 3.8) is 0 Å². The molecule has 1 aliphatic heterocycles. The van der Waals surface area contributed by atoms with Crippen LogP contribution in [0, 0.1) is 5.41 Å². The monoisotopic (exact) mass is 354 g/mol. The number of hydrogen-bond donors (Lipinski definition) is 3. The average molecular weight is 354 g/mol. The first-order chi connectivity index (χ1) is 11.7. The van der Waals surface area contributed by atoms with Crippen molar-refractivity contribution in [1.82, 2.24) is 15.5 Å². The van der Waals surface area contributed by atoms with Gasteiger partial charge in [0.25, 0.3) is 5.91 Å². The van der Waals surface area contributed by atoms with Gasteiger partial charge in [0.05, 0.1) is 11.9 Å². The molecular formula is C17H27FN4O3. The average Bonchev–Trinajstić information content (AvgIpc) is 2.52. The lowest BCUT2D eigenvalue weighted by Crippen LogP contribution is -2.41. The van der Waals surface area contributed by atoms with E-state index in [1.165, 1.54) is 6.20 Å². The lowest BCUT2D eigenvalue weighted by molar-refractivity contribution is -0.126. The summed E-state index contributed by atoms with van der Waals surface area (Å²) in [5, 5.41) is 13.2. The quantitative estimate of drug-likeness (QED) is 0.637. The molecule has 0 saturated carbocycles. The van der Waals surface area contributed by atoms with Gasteiger partial charge in [-0.05, 0) is 33.3 Å². The van der Waals surface area contributed by atoms with Crippen LogP contribution in [0.15, 0.2) is 23.7 Å². The Morgan fingerprint density at radius 3 is 2.64 bits per heavy atom. The molecule has 0 aromatic carbocycles. The van der Waals surface area contributed by atoms with E-state index >= 15 is 0 Å². The van der Waals surface area contributed by atoms with Crippen LogP contribution in [0.4, 0.5) is 9.18 Å². The van der Waals surface area contributed by atoms with E-state index < -0.39 is 11.7 Å². The van der Waals surface area contributed by atoms with E-state index in [1.54, 1.807) is 25.7 Å². The third-order valence-corrected chi connectivity index (χ3v) is 3.44. The van der Waals surface area contributed by atoms with Crippen LogP contribution in [-0.2, 0) is 9.53 Å². The van der Waals surface area contributed by atoms with Crippen molar-refractivity contribution in [3.05, 3.63) is 23.7 Å². The number of carbonyl (C=O) groups is 2. The molecule has 8 heteroatoms. The zero-order valence-electron chi connectivity index (χ0n) is 15.2. The number of nitrogens with zero attached hydrogens (tertiary/aromatic N) is 1. The highest BCUT2D eigenvalue weighted by Crippen LogP contribution is 2.13. The largest absolute Gasteiger partial charge is 0.444 e. The van der Waals surface area contributed by atoms with Crippen LogP contribution in [0.1, 0.15) is 34.1 Å². The molecule has 1 fully saturated rings.